The Morgan fingerprint density at radius 2 is 1.42 bits per heavy atom. The van der Waals surface area contributed by atoms with Gasteiger partial charge in [-0.3, -0.25) is 0 Å². The Morgan fingerprint density at radius 3 is 2.04 bits per heavy atom. The van der Waals surface area contributed by atoms with Crippen molar-refractivity contribution in [3.8, 4) is 0 Å². The Labute approximate surface area is 150 Å². The summed E-state index contributed by atoms with van der Waals surface area (Å²) in [6, 6.07) is 22.5. The molecule has 3 rings (SSSR count). The molecule has 3 aromatic carbocycles. The van der Waals surface area contributed by atoms with Gasteiger partial charge in [0.25, 0.3) is 0 Å². The maximum absolute atomic E-state index is 13.2. The molecule has 0 bridgehead atoms. The van der Waals surface area contributed by atoms with E-state index >= 15 is 0 Å². The fourth-order valence-corrected chi connectivity index (χ4v) is 2.85. The van der Waals surface area contributed by atoms with Crippen molar-refractivity contribution in [2.24, 2.45) is 0 Å². The number of hydrogen-bond donors (Lipinski definition) is 1. The second-order valence-electron chi connectivity index (χ2n) is 6.00. The van der Waals surface area contributed by atoms with Crippen LogP contribution in [0.5, 0.6) is 0 Å². The summed E-state index contributed by atoms with van der Waals surface area (Å²) in [5.41, 5.74) is 7.97. The number of rotatable bonds is 4. The van der Waals surface area contributed by atoms with E-state index in [-0.39, 0.29) is 5.92 Å². The van der Waals surface area contributed by atoms with Crippen molar-refractivity contribution >= 4 is 11.8 Å². The molecule has 0 fully saturated rings. The molecule has 1 nitrogen and oxygen atoms in total. The average Bonchev–Trinajstić information content (AvgIpc) is 2.64. The van der Waals surface area contributed by atoms with Crippen LogP contribution in [0, 0.1) is 0 Å². The van der Waals surface area contributed by atoms with Gasteiger partial charge in [0.05, 0.1) is 5.56 Å². The first kappa shape index (κ1) is 17.8. The highest BCUT2D eigenvalue weighted by Crippen LogP contribution is 2.36. The summed E-state index contributed by atoms with van der Waals surface area (Å²) in [6.07, 6.45) is -0.624. The van der Waals surface area contributed by atoms with Crippen molar-refractivity contribution in [3.05, 3.63) is 107 Å². The van der Waals surface area contributed by atoms with Crippen LogP contribution in [-0.4, -0.2) is 0 Å². The fourth-order valence-electron chi connectivity index (χ4n) is 2.85. The van der Waals surface area contributed by atoms with E-state index in [1.165, 1.54) is 6.07 Å². The van der Waals surface area contributed by atoms with Crippen LogP contribution in [0.3, 0.4) is 0 Å². The number of hydrogen-bond acceptors (Lipinski definition) is 1. The molecule has 0 radical (unpaired) electrons. The number of nitrogen functional groups attached to an aromatic ring is 1. The molecule has 1 unspecified atom stereocenters. The molecule has 0 aromatic heterocycles. The third-order valence-electron chi connectivity index (χ3n) is 4.19. The van der Waals surface area contributed by atoms with Crippen molar-refractivity contribution in [1.29, 1.82) is 0 Å². The van der Waals surface area contributed by atoms with E-state index < -0.39 is 11.7 Å². The minimum absolute atomic E-state index is 0.338. The lowest BCUT2D eigenvalue weighted by molar-refractivity contribution is -0.137. The Kier molecular flexibility index (Phi) is 5.12. The van der Waals surface area contributed by atoms with E-state index in [4.69, 9.17) is 5.73 Å². The van der Waals surface area contributed by atoms with Crippen LogP contribution in [0.4, 0.5) is 18.9 Å². The van der Waals surface area contributed by atoms with Gasteiger partial charge in [0.1, 0.15) is 0 Å². The Hall–Kier alpha value is -3.01. The predicted octanol–water partition coefficient (Wildman–Crippen LogP) is 6.13. The summed E-state index contributed by atoms with van der Waals surface area (Å²) in [5, 5.41) is 0. The molecule has 26 heavy (non-hydrogen) atoms. The summed E-state index contributed by atoms with van der Waals surface area (Å²) in [7, 11) is 0. The number of alkyl halides is 3. The van der Waals surface area contributed by atoms with Crippen LogP contribution >= 0.6 is 0 Å². The minimum Gasteiger partial charge on any atom is -0.398 e. The van der Waals surface area contributed by atoms with Crippen LogP contribution in [0.1, 0.15) is 28.2 Å². The first-order chi connectivity index (χ1) is 12.4. The SMILES string of the molecule is Nc1ccc(C(F)(F)F)cc1C(/C=C/c1ccccc1)c1ccccc1. The van der Waals surface area contributed by atoms with E-state index in [1.54, 1.807) is 0 Å². The van der Waals surface area contributed by atoms with Crippen molar-refractivity contribution in [3.63, 3.8) is 0 Å². The molecule has 0 aliphatic carbocycles. The van der Waals surface area contributed by atoms with Crippen molar-refractivity contribution < 1.29 is 13.2 Å². The molecule has 0 amide bonds. The molecule has 0 heterocycles. The highest BCUT2D eigenvalue weighted by atomic mass is 19.4. The van der Waals surface area contributed by atoms with E-state index in [9.17, 15) is 13.2 Å². The van der Waals surface area contributed by atoms with Gasteiger partial charge in [0.15, 0.2) is 0 Å². The second-order valence-corrected chi connectivity index (χ2v) is 6.00. The number of nitrogens with two attached hydrogens (primary N) is 1. The van der Waals surface area contributed by atoms with Gasteiger partial charge in [-0.2, -0.15) is 13.2 Å². The first-order valence-electron chi connectivity index (χ1n) is 8.20. The maximum atomic E-state index is 13.2. The molecule has 0 saturated carbocycles. The number of halogens is 3. The summed E-state index contributed by atoms with van der Waals surface area (Å²) in [6.45, 7) is 0. The highest BCUT2D eigenvalue weighted by Gasteiger charge is 2.31. The molecule has 132 valence electrons. The highest BCUT2D eigenvalue weighted by molar-refractivity contribution is 5.59. The van der Waals surface area contributed by atoms with Gasteiger partial charge < -0.3 is 5.73 Å². The smallest absolute Gasteiger partial charge is 0.398 e. The first-order valence-corrected chi connectivity index (χ1v) is 8.20. The van der Waals surface area contributed by atoms with Gasteiger partial charge in [-0.1, -0.05) is 72.8 Å². The Bertz CT molecular complexity index is 884. The summed E-state index contributed by atoms with van der Waals surface area (Å²) < 4.78 is 39.5. The van der Waals surface area contributed by atoms with Gasteiger partial charge >= 0.3 is 6.18 Å². The van der Waals surface area contributed by atoms with E-state index in [0.717, 1.165) is 23.3 Å². The van der Waals surface area contributed by atoms with Gasteiger partial charge in [-0.25, -0.2) is 0 Å². The monoisotopic (exact) mass is 353 g/mol. The predicted molar refractivity (Wildman–Crippen MR) is 99.6 cm³/mol. The molecule has 0 aliphatic heterocycles. The number of allylic oxidation sites excluding steroid dienone is 1. The van der Waals surface area contributed by atoms with Gasteiger partial charge in [0, 0.05) is 11.6 Å². The van der Waals surface area contributed by atoms with Gasteiger partial charge in [-0.15, -0.1) is 0 Å². The molecule has 1 atom stereocenters. The molecule has 3 aromatic rings. The minimum atomic E-state index is -4.41. The largest absolute Gasteiger partial charge is 0.416 e. The van der Waals surface area contributed by atoms with Gasteiger partial charge in [0.2, 0.25) is 0 Å². The standard InChI is InChI=1S/C22H18F3N/c23-22(24,25)18-12-14-21(26)20(15-18)19(17-9-5-2-6-10-17)13-11-16-7-3-1-4-8-16/h1-15,19H,26H2/b13-11+. The van der Waals surface area contributed by atoms with E-state index in [0.29, 0.717) is 11.3 Å². The average molecular weight is 353 g/mol. The molecule has 2 N–H and O–H groups in total. The zero-order valence-corrected chi connectivity index (χ0v) is 13.9. The molecule has 0 aliphatic rings. The zero-order chi connectivity index (χ0) is 18.6. The number of benzene rings is 3. The van der Waals surface area contributed by atoms with Crippen molar-refractivity contribution in [1.82, 2.24) is 0 Å². The van der Waals surface area contributed by atoms with E-state index in [2.05, 4.69) is 0 Å². The van der Waals surface area contributed by atoms with Crippen molar-refractivity contribution in [2.45, 2.75) is 12.1 Å². The molecular formula is C22H18F3N. The lowest BCUT2D eigenvalue weighted by atomic mass is 9.88. The van der Waals surface area contributed by atoms with Crippen LogP contribution in [0.15, 0.2) is 84.9 Å². The number of anilines is 1. The van der Waals surface area contributed by atoms with E-state index in [1.807, 2.05) is 72.8 Å². The third-order valence-corrected chi connectivity index (χ3v) is 4.19. The quantitative estimate of drug-likeness (QED) is 0.561. The topological polar surface area (TPSA) is 26.0 Å². The van der Waals surface area contributed by atoms with Crippen LogP contribution in [0.25, 0.3) is 6.08 Å². The zero-order valence-electron chi connectivity index (χ0n) is 13.9. The lowest BCUT2D eigenvalue weighted by Gasteiger charge is -2.18. The summed E-state index contributed by atoms with van der Waals surface area (Å²) in [4.78, 5) is 0. The maximum Gasteiger partial charge on any atom is 0.416 e. The van der Waals surface area contributed by atoms with Crippen LogP contribution < -0.4 is 5.73 Å². The third kappa shape index (κ3) is 4.14. The molecular weight excluding hydrogens is 335 g/mol. The summed E-state index contributed by atoms with van der Waals surface area (Å²) >= 11 is 0. The Morgan fingerprint density at radius 1 is 0.808 bits per heavy atom. The molecule has 0 spiro atoms. The van der Waals surface area contributed by atoms with Crippen molar-refractivity contribution in [2.75, 3.05) is 5.73 Å². The van der Waals surface area contributed by atoms with Gasteiger partial charge in [-0.05, 0) is 34.9 Å². The normalized spacial score (nSPS) is 13.0. The molecule has 0 saturated heterocycles. The lowest BCUT2D eigenvalue weighted by Crippen LogP contribution is -2.09. The van der Waals surface area contributed by atoms with Crippen LogP contribution in [0.2, 0.25) is 0 Å². The summed E-state index contributed by atoms with van der Waals surface area (Å²) in [5.74, 6) is -0.376. The Balaban J connectivity index is 2.08. The molecule has 4 heteroatoms. The fraction of sp³-hybridized carbons (Fsp3) is 0.0909. The van der Waals surface area contributed by atoms with Crippen LogP contribution in [-0.2, 0) is 6.18 Å². The second kappa shape index (κ2) is 7.48.